The lowest BCUT2D eigenvalue weighted by atomic mass is 10.1. The van der Waals surface area contributed by atoms with Gasteiger partial charge < -0.3 is 9.64 Å². The van der Waals surface area contributed by atoms with Gasteiger partial charge in [-0.2, -0.15) is 24.1 Å². The average Bonchev–Trinajstić information content (AvgIpc) is 3.07. The molecular formula is C28H28ClF5N4O3S. The van der Waals surface area contributed by atoms with Crippen molar-refractivity contribution in [2.45, 2.75) is 59.9 Å². The number of carbonyl (C=O) groups is 1. The number of rotatable bonds is 4. The summed E-state index contributed by atoms with van der Waals surface area (Å²) in [5.74, 6) is -2.28. The van der Waals surface area contributed by atoms with Crippen LogP contribution in [0.2, 0.25) is 5.02 Å². The molecule has 3 heterocycles. The van der Waals surface area contributed by atoms with Crippen molar-refractivity contribution in [3.8, 4) is 0 Å². The van der Waals surface area contributed by atoms with Gasteiger partial charge in [-0.3, -0.25) is 14.3 Å². The van der Waals surface area contributed by atoms with E-state index in [1.165, 1.54) is 17.8 Å². The van der Waals surface area contributed by atoms with Crippen molar-refractivity contribution >= 4 is 39.3 Å². The van der Waals surface area contributed by atoms with Crippen molar-refractivity contribution in [3.63, 3.8) is 0 Å². The highest BCUT2D eigenvalue weighted by Crippen LogP contribution is 2.57. The molecule has 14 heteroatoms. The van der Waals surface area contributed by atoms with Gasteiger partial charge in [-0.15, -0.1) is 0 Å². The maximum atomic E-state index is 15.8. The largest absolute Gasteiger partial charge is 0.416 e. The molecule has 0 spiro atoms. The fraction of sp³-hybridized carbons (Fsp3) is 0.393. The molecule has 1 aromatic heterocycles. The maximum Gasteiger partial charge on any atom is 0.416 e. The second kappa shape index (κ2) is 11.3. The number of nitrogens with zero attached hydrogens (tertiary/aromatic N) is 4. The van der Waals surface area contributed by atoms with Gasteiger partial charge in [-0.25, -0.2) is 18.6 Å². The van der Waals surface area contributed by atoms with Crippen LogP contribution in [-0.2, 0) is 22.3 Å². The van der Waals surface area contributed by atoms with Crippen molar-refractivity contribution in [2.24, 2.45) is 0 Å². The highest BCUT2D eigenvalue weighted by atomic mass is 35.5. The Morgan fingerprint density at radius 3 is 2.36 bits per heavy atom. The predicted octanol–water partition coefficient (Wildman–Crippen LogP) is 5.23. The molecule has 2 aromatic carbocycles. The summed E-state index contributed by atoms with van der Waals surface area (Å²) in [6, 6.07) is 2.83. The summed E-state index contributed by atoms with van der Waals surface area (Å²) in [5, 5.41) is -1.17. The Bertz CT molecular complexity index is 1620. The summed E-state index contributed by atoms with van der Waals surface area (Å²) < 4.78 is 79.9. The first-order chi connectivity index (χ1) is 19.8. The van der Waals surface area contributed by atoms with Gasteiger partial charge in [0, 0.05) is 59.7 Å². The summed E-state index contributed by atoms with van der Waals surface area (Å²) in [6.07, 6.45) is -3.33. The standard InChI is InChI=1S/C28H28ClF5N4O3S/c1-5-24(39)38-14(2)11-36(12-15(38)3)26-21(41-4)13-37-25-16(10-35-27(37)40)6-17(28(32,33)34)7-23(25)42(26)22-8-18(29)19(30)9-20(22)31/h5-10,14-15,21,26,42H,1,11-13H2,2-4H3/t14?,15?,21-,26?/m0/s1. The van der Waals surface area contributed by atoms with Crippen molar-refractivity contribution < 1.29 is 31.5 Å². The molecule has 2 aliphatic rings. The minimum Gasteiger partial charge on any atom is -0.377 e. The van der Waals surface area contributed by atoms with Crippen LogP contribution in [0, 0.1) is 11.6 Å². The lowest BCUT2D eigenvalue weighted by Gasteiger charge is -2.50. The van der Waals surface area contributed by atoms with E-state index in [4.69, 9.17) is 16.3 Å². The second-order valence-corrected chi connectivity index (χ2v) is 13.1. The van der Waals surface area contributed by atoms with E-state index in [2.05, 4.69) is 11.6 Å². The van der Waals surface area contributed by atoms with Crippen molar-refractivity contribution in [1.82, 2.24) is 19.4 Å². The van der Waals surface area contributed by atoms with Gasteiger partial charge in [0.05, 0.1) is 34.1 Å². The Kier molecular flexibility index (Phi) is 8.16. The molecule has 0 aliphatic carbocycles. The third-order valence-electron chi connectivity index (χ3n) is 7.78. The van der Waals surface area contributed by atoms with Gasteiger partial charge in [0.25, 0.3) is 0 Å². The molecule has 4 unspecified atom stereocenters. The minimum absolute atomic E-state index is 0.0409. The van der Waals surface area contributed by atoms with Crippen molar-refractivity contribution in [1.29, 1.82) is 0 Å². The van der Waals surface area contributed by atoms with Crippen molar-refractivity contribution in [3.05, 3.63) is 75.8 Å². The molecule has 2 aliphatic heterocycles. The number of thiol groups is 1. The molecule has 1 amide bonds. The van der Waals surface area contributed by atoms with Crippen LogP contribution in [0.25, 0.3) is 10.9 Å². The molecule has 1 fully saturated rings. The summed E-state index contributed by atoms with van der Waals surface area (Å²) in [6.45, 7) is 7.65. The second-order valence-electron chi connectivity index (χ2n) is 10.5. The quantitative estimate of drug-likeness (QED) is 0.185. The number of hydrogen-bond donors (Lipinski definition) is 1. The van der Waals surface area contributed by atoms with Gasteiger partial charge >= 0.3 is 11.9 Å². The highest BCUT2D eigenvalue weighted by Gasteiger charge is 2.45. The molecule has 0 bridgehead atoms. The Hall–Kier alpha value is -3.00. The molecule has 3 aromatic rings. The van der Waals surface area contributed by atoms with Crippen LogP contribution in [0.3, 0.4) is 0 Å². The Labute approximate surface area is 245 Å². The number of ether oxygens (including phenoxy) is 1. The van der Waals surface area contributed by atoms with E-state index in [0.29, 0.717) is 6.07 Å². The Balaban J connectivity index is 1.83. The third kappa shape index (κ3) is 5.20. The highest BCUT2D eigenvalue weighted by molar-refractivity contribution is 8.17. The molecule has 5 rings (SSSR count). The van der Waals surface area contributed by atoms with Crippen LogP contribution in [-0.4, -0.2) is 69.0 Å². The molecule has 0 N–H and O–H groups in total. The number of amides is 1. The Morgan fingerprint density at radius 2 is 1.76 bits per heavy atom. The van der Waals surface area contributed by atoms with Crippen molar-refractivity contribution in [2.75, 3.05) is 20.2 Å². The van der Waals surface area contributed by atoms with Gasteiger partial charge in [-0.1, -0.05) is 18.2 Å². The topological polar surface area (TPSA) is 67.7 Å². The molecule has 226 valence electrons. The first-order valence-corrected chi connectivity index (χ1v) is 14.8. The first-order valence-electron chi connectivity index (χ1n) is 13.0. The summed E-state index contributed by atoms with van der Waals surface area (Å²) >= 11 is 6.12. The Morgan fingerprint density at radius 1 is 1.10 bits per heavy atom. The maximum absolute atomic E-state index is 15.8. The number of hydrogen-bond acceptors (Lipinski definition) is 5. The fourth-order valence-electron chi connectivity index (χ4n) is 6.11. The van der Waals surface area contributed by atoms with E-state index in [-0.39, 0.29) is 58.3 Å². The minimum atomic E-state index is -4.77. The molecule has 7 nitrogen and oxygen atoms in total. The monoisotopic (exact) mass is 630 g/mol. The number of piperazine rings is 1. The number of halogens is 6. The zero-order valence-corrected chi connectivity index (χ0v) is 24.5. The number of carbonyl (C=O) groups excluding carboxylic acids is 1. The first kappa shape index (κ1) is 30.5. The molecule has 42 heavy (non-hydrogen) atoms. The molecule has 5 atom stereocenters. The van der Waals surface area contributed by atoms with Gasteiger partial charge in [0.15, 0.2) is 0 Å². The molecule has 0 saturated carbocycles. The number of aromatic nitrogens is 2. The number of benzene rings is 2. The summed E-state index contributed by atoms with van der Waals surface area (Å²) in [5.41, 5.74) is -1.54. The summed E-state index contributed by atoms with van der Waals surface area (Å²) in [7, 11) is -0.761. The van der Waals surface area contributed by atoms with Crippen LogP contribution in [0.4, 0.5) is 22.0 Å². The van der Waals surface area contributed by atoms with Crippen LogP contribution in [0.1, 0.15) is 19.4 Å². The smallest absolute Gasteiger partial charge is 0.377 e. The van der Waals surface area contributed by atoms with E-state index in [1.54, 1.807) is 4.90 Å². The van der Waals surface area contributed by atoms with Crippen LogP contribution in [0.5, 0.6) is 0 Å². The normalized spacial score (nSPS) is 25.8. The van der Waals surface area contributed by atoms with Gasteiger partial charge in [-0.05, 0) is 38.1 Å². The SMILES string of the molecule is C=CC(=O)N1C(C)CN(C2[C@@H](OC)Cn3c(=O)ncc4cc(C(F)(F)F)cc(c43)[SH]2c2cc(Cl)c(F)cc2F)CC1C. The van der Waals surface area contributed by atoms with Crippen LogP contribution < -0.4 is 5.69 Å². The molecule has 0 radical (unpaired) electrons. The number of alkyl halides is 3. The van der Waals surface area contributed by atoms with E-state index >= 15 is 4.39 Å². The van der Waals surface area contributed by atoms with E-state index < -0.39 is 56.5 Å². The average molecular weight is 631 g/mol. The van der Waals surface area contributed by atoms with E-state index in [1.807, 2.05) is 18.7 Å². The predicted molar refractivity (Wildman–Crippen MR) is 150 cm³/mol. The van der Waals surface area contributed by atoms with Gasteiger partial charge in [0.1, 0.15) is 11.6 Å². The fourth-order valence-corrected chi connectivity index (χ4v) is 9.56. The van der Waals surface area contributed by atoms with Crippen LogP contribution >= 0.6 is 22.5 Å². The zero-order chi connectivity index (χ0) is 30.7. The van der Waals surface area contributed by atoms with Gasteiger partial charge in [0.2, 0.25) is 5.91 Å². The molecular weight excluding hydrogens is 603 g/mol. The van der Waals surface area contributed by atoms with E-state index in [0.717, 1.165) is 24.4 Å². The zero-order valence-electron chi connectivity index (χ0n) is 22.8. The summed E-state index contributed by atoms with van der Waals surface area (Å²) in [4.78, 5) is 33.1. The van der Waals surface area contributed by atoms with E-state index in [9.17, 15) is 27.2 Å². The van der Waals surface area contributed by atoms with Crippen LogP contribution in [0.15, 0.2) is 57.7 Å². The lowest BCUT2D eigenvalue weighted by molar-refractivity contribution is -0.137. The molecule has 1 saturated heterocycles. The lowest BCUT2D eigenvalue weighted by Crippen LogP contribution is -2.62. The number of methoxy groups -OCH3 is 1. The third-order valence-corrected chi connectivity index (χ3v) is 11.0.